The van der Waals surface area contributed by atoms with Gasteiger partial charge >= 0.3 is 5.97 Å². The van der Waals surface area contributed by atoms with Gasteiger partial charge < -0.3 is 15.2 Å². The van der Waals surface area contributed by atoms with Crippen LogP contribution in [0.4, 0.5) is 0 Å². The minimum absolute atomic E-state index is 0.0155. The second kappa shape index (κ2) is 7.85. The average molecular weight is 401 g/mol. The quantitative estimate of drug-likeness (QED) is 0.535. The molecule has 0 saturated heterocycles. The van der Waals surface area contributed by atoms with Crippen LogP contribution >= 0.6 is 0 Å². The highest BCUT2D eigenvalue weighted by Crippen LogP contribution is 2.63. The first kappa shape index (κ1) is 20.8. The number of nitrogens with one attached hydrogen (secondary N) is 1. The number of hydrogen-bond donors (Lipinski definition) is 2. The Kier molecular flexibility index (Phi) is 5.64. The number of fused-ring (bicyclic) bond motifs is 2. The number of carbonyl (C=O) groups excluding carboxylic acids is 3. The van der Waals surface area contributed by atoms with Crippen LogP contribution in [-0.4, -0.2) is 36.7 Å². The van der Waals surface area contributed by atoms with E-state index >= 15 is 0 Å². The Morgan fingerprint density at radius 3 is 2.55 bits per heavy atom. The number of ether oxygens (including phenoxy) is 2. The molecule has 8 heteroatoms. The molecule has 156 valence electrons. The maximum Gasteiger partial charge on any atom is 0.342 e. The van der Waals surface area contributed by atoms with E-state index in [4.69, 9.17) is 15.2 Å². The van der Waals surface area contributed by atoms with Gasteiger partial charge in [0.15, 0.2) is 13.2 Å². The fourth-order valence-electron chi connectivity index (χ4n) is 4.38. The summed E-state index contributed by atoms with van der Waals surface area (Å²) in [5, 5.41) is 4.34. The molecule has 0 radical (unpaired) electrons. The zero-order valence-electron chi connectivity index (χ0n) is 17.0. The number of hydrogen-bond acceptors (Lipinski definition) is 6. The number of benzene rings is 1. The number of esters is 1. The van der Waals surface area contributed by atoms with Crippen LogP contribution in [0, 0.1) is 16.7 Å². The molecule has 3 rings (SSSR count). The number of nitrogens with zero attached hydrogens (tertiary/aromatic N) is 1. The fraction of sp³-hybridized carbons (Fsp3) is 0.524. The highest BCUT2D eigenvalue weighted by Gasteiger charge is 2.60. The molecule has 0 spiro atoms. The van der Waals surface area contributed by atoms with Crippen LogP contribution in [0.2, 0.25) is 0 Å². The van der Waals surface area contributed by atoms with Crippen molar-refractivity contribution in [1.29, 1.82) is 0 Å². The fourth-order valence-corrected chi connectivity index (χ4v) is 4.38. The standard InChI is InChI=1S/C21H27N3O5/c1-20(2)13-8-9-21(20,3)16(10-13)23-24-18(26)12-29-19(27)14-6-4-5-7-15(14)28-11-17(22)25/h4-7,13H,8-12H2,1-3H3,(H2,22,25)(H,24,26)/b23-16-. The Labute approximate surface area is 169 Å². The van der Waals surface area contributed by atoms with Crippen LogP contribution < -0.4 is 15.9 Å². The Morgan fingerprint density at radius 1 is 1.21 bits per heavy atom. The molecule has 2 amide bonds. The van der Waals surface area contributed by atoms with Crippen LogP contribution in [0.25, 0.3) is 0 Å². The number of amides is 2. The Hall–Kier alpha value is -2.90. The van der Waals surface area contributed by atoms with Crippen molar-refractivity contribution in [2.24, 2.45) is 27.6 Å². The zero-order valence-corrected chi connectivity index (χ0v) is 17.0. The largest absolute Gasteiger partial charge is 0.483 e. The Bertz CT molecular complexity index is 864. The molecule has 2 bridgehead atoms. The lowest BCUT2D eigenvalue weighted by Crippen LogP contribution is -2.35. The molecular weight excluding hydrogens is 374 g/mol. The van der Waals surface area contributed by atoms with E-state index in [1.54, 1.807) is 12.1 Å². The first-order chi connectivity index (χ1) is 13.6. The van der Waals surface area contributed by atoms with Gasteiger partial charge in [-0.15, -0.1) is 0 Å². The number of nitrogens with two attached hydrogens (primary N) is 1. The lowest BCUT2D eigenvalue weighted by Gasteiger charge is -2.34. The maximum absolute atomic E-state index is 12.3. The van der Waals surface area contributed by atoms with E-state index in [9.17, 15) is 14.4 Å². The summed E-state index contributed by atoms with van der Waals surface area (Å²) in [5.41, 5.74) is 8.83. The van der Waals surface area contributed by atoms with E-state index in [1.165, 1.54) is 18.6 Å². The van der Waals surface area contributed by atoms with Gasteiger partial charge in [0.1, 0.15) is 11.3 Å². The number of para-hydroxylation sites is 1. The summed E-state index contributed by atoms with van der Waals surface area (Å²) in [6, 6.07) is 6.27. The zero-order chi connectivity index (χ0) is 21.2. The van der Waals surface area contributed by atoms with Crippen molar-refractivity contribution in [2.75, 3.05) is 13.2 Å². The molecule has 2 saturated carbocycles. The first-order valence-corrected chi connectivity index (χ1v) is 9.68. The molecule has 3 N–H and O–H groups in total. The molecule has 0 heterocycles. The third kappa shape index (κ3) is 3.97. The summed E-state index contributed by atoms with van der Waals surface area (Å²) in [4.78, 5) is 35.3. The highest BCUT2D eigenvalue weighted by atomic mass is 16.5. The summed E-state index contributed by atoms with van der Waals surface area (Å²) in [6.45, 7) is 5.89. The van der Waals surface area contributed by atoms with Crippen LogP contribution in [0.3, 0.4) is 0 Å². The van der Waals surface area contributed by atoms with Crippen molar-refractivity contribution in [3.8, 4) is 5.75 Å². The van der Waals surface area contributed by atoms with Gasteiger partial charge in [0, 0.05) is 11.1 Å². The van der Waals surface area contributed by atoms with E-state index in [0.29, 0.717) is 5.92 Å². The first-order valence-electron chi connectivity index (χ1n) is 9.68. The van der Waals surface area contributed by atoms with Gasteiger partial charge in [0.05, 0.1) is 0 Å². The highest BCUT2D eigenvalue weighted by molar-refractivity contribution is 5.96. The van der Waals surface area contributed by atoms with Crippen molar-refractivity contribution in [2.45, 2.75) is 40.0 Å². The molecule has 29 heavy (non-hydrogen) atoms. The van der Waals surface area contributed by atoms with Gasteiger partial charge in [0.25, 0.3) is 11.8 Å². The molecule has 2 aliphatic carbocycles. The molecule has 2 aliphatic rings. The smallest absolute Gasteiger partial charge is 0.342 e. The molecule has 1 aromatic rings. The van der Waals surface area contributed by atoms with E-state index < -0.39 is 24.4 Å². The molecule has 1 aromatic carbocycles. The van der Waals surface area contributed by atoms with Gasteiger partial charge in [-0.05, 0) is 42.7 Å². The predicted molar refractivity (Wildman–Crippen MR) is 106 cm³/mol. The molecule has 2 fully saturated rings. The van der Waals surface area contributed by atoms with E-state index in [1.807, 2.05) is 0 Å². The monoisotopic (exact) mass is 401 g/mol. The van der Waals surface area contributed by atoms with Crippen molar-refractivity contribution in [1.82, 2.24) is 5.43 Å². The summed E-state index contributed by atoms with van der Waals surface area (Å²) < 4.78 is 10.3. The SMILES string of the molecule is CC12CCC(C/C1=N/NC(=O)COC(=O)c1ccccc1OCC(N)=O)C2(C)C. The van der Waals surface area contributed by atoms with Gasteiger partial charge in [0.2, 0.25) is 0 Å². The average Bonchev–Trinajstić information content (AvgIpc) is 3.02. The summed E-state index contributed by atoms with van der Waals surface area (Å²) >= 11 is 0. The third-order valence-electron chi connectivity index (χ3n) is 6.64. The third-order valence-corrected chi connectivity index (χ3v) is 6.64. The number of carbonyl (C=O) groups is 3. The normalized spacial score (nSPS) is 25.6. The lowest BCUT2D eigenvalue weighted by molar-refractivity contribution is -0.124. The number of hydrazone groups is 1. The van der Waals surface area contributed by atoms with E-state index in [-0.39, 0.29) is 28.7 Å². The van der Waals surface area contributed by atoms with Crippen LogP contribution in [0.15, 0.2) is 29.4 Å². The summed E-state index contributed by atoms with van der Waals surface area (Å²) in [5.74, 6) is -1.16. The van der Waals surface area contributed by atoms with Crippen LogP contribution in [-0.2, 0) is 14.3 Å². The minimum Gasteiger partial charge on any atom is -0.483 e. The van der Waals surface area contributed by atoms with E-state index in [0.717, 1.165) is 18.6 Å². The second-order valence-electron chi connectivity index (χ2n) is 8.41. The summed E-state index contributed by atoms with van der Waals surface area (Å²) in [7, 11) is 0. The topological polar surface area (TPSA) is 120 Å². The molecule has 0 aromatic heterocycles. The Balaban J connectivity index is 1.56. The Morgan fingerprint density at radius 2 is 1.93 bits per heavy atom. The van der Waals surface area contributed by atoms with Crippen LogP contribution in [0.5, 0.6) is 5.75 Å². The van der Waals surface area contributed by atoms with Crippen molar-refractivity contribution in [3.05, 3.63) is 29.8 Å². The van der Waals surface area contributed by atoms with E-state index in [2.05, 4.69) is 31.3 Å². The van der Waals surface area contributed by atoms with Gasteiger partial charge in [-0.2, -0.15) is 5.10 Å². The molecule has 8 nitrogen and oxygen atoms in total. The van der Waals surface area contributed by atoms with Gasteiger partial charge in [-0.25, -0.2) is 10.2 Å². The molecule has 0 aliphatic heterocycles. The minimum atomic E-state index is -0.735. The van der Waals surface area contributed by atoms with Crippen molar-refractivity contribution >= 4 is 23.5 Å². The van der Waals surface area contributed by atoms with Crippen LogP contribution in [0.1, 0.15) is 50.4 Å². The maximum atomic E-state index is 12.3. The van der Waals surface area contributed by atoms with Crippen molar-refractivity contribution < 1.29 is 23.9 Å². The molecular formula is C21H27N3O5. The second-order valence-corrected chi connectivity index (χ2v) is 8.41. The lowest BCUT2D eigenvalue weighted by atomic mass is 9.70. The summed E-state index contributed by atoms with van der Waals surface area (Å²) in [6.07, 6.45) is 3.13. The predicted octanol–water partition coefficient (Wildman–Crippen LogP) is 2.03. The van der Waals surface area contributed by atoms with Crippen molar-refractivity contribution in [3.63, 3.8) is 0 Å². The van der Waals surface area contributed by atoms with Gasteiger partial charge in [-0.3, -0.25) is 9.59 Å². The van der Waals surface area contributed by atoms with Gasteiger partial charge in [-0.1, -0.05) is 32.9 Å². The molecule has 2 atom stereocenters. The number of primary amides is 1. The number of rotatable bonds is 7. The molecule has 2 unspecified atom stereocenters.